The maximum atomic E-state index is 12.2. The lowest BCUT2D eigenvalue weighted by Crippen LogP contribution is -3.16. The van der Waals surface area contributed by atoms with Gasteiger partial charge in [-0.3, -0.25) is 14.5 Å². The molecule has 148 valence electrons. The number of nitrogens with one attached hydrogen (secondary N) is 4. The minimum atomic E-state index is -0.204. The lowest BCUT2D eigenvalue weighted by atomic mass is 10.1. The third-order valence-corrected chi connectivity index (χ3v) is 5.11. The summed E-state index contributed by atoms with van der Waals surface area (Å²) in [7, 11) is 0. The quantitative estimate of drug-likeness (QED) is 0.634. The van der Waals surface area contributed by atoms with Gasteiger partial charge in [-0.2, -0.15) is 0 Å². The van der Waals surface area contributed by atoms with Crippen molar-refractivity contribution in [3.8, 4) is 0 Å². The summed E-state index contributed by atoms with van der Waals surface area (Å²) in [5.74, 6) is 0.811. The highest BCUT2D eigenvalue weighted by molar-refractivity contribution is 5.95. The molecule has 0 spiro atoms. The zero-order chi connectivity index (χ0) is 19.9. The van der Waals surface area contributed by atoms with Crippen molar-refractivity contribution in [2.75, 3.05) is 49.5 Å². The molecular formula is C21H29N5O2+2. The van der Waals surface area contributed by atoms with Crippen LogP contribution < -0.4 is 25.4 Å². The zero-order valence-electron chi connectivity index (χ0n) is 16.5. The van der Waals surface area contributed by atoms with Gasteiger partial charge in [-0.15, -0.1) is 0 Å². The number of amides is 2. The highest BCUT2D eigenvalue weighted by atomic mass is 16.2. The molecule has 1 fully saturated rings. The summed E-state index contributed by atoms with van der Waals surface area (Å²) in [5.41, 5.74) is 2.84. The lowest BCUT2D eigenvalue weighted by Gasteiger charge is -2.27. The standard InChI is InChI=1S/C21H27N5O2/c1-16-6-5-7-17(2)21(16)24-19(27)14-23-20(28)15-25-10-12-26(13-11-25)18-8-3-4-9-22-18/h3-9H,10-15H2,1-2H3,(H,23,28)(H,24,27)/p+2. The summed E-state index contributed by atoms with van der Waals surface area (Å²) in [5, 5.41) is 5.63. The molecule has 28 heavy (non-hydrogen) atoms. The van der Waals surface area contributed by atoms with E-state index in [1.54, 1.807) is 0 Å². The normalized spacial score (nSPS) is 14.6. The number of hydrogen-bond acceptors (Lipinski definition) is 3. The maximum absolute atomic E-state index is 12.2. The Labute approximate surface area is 165 Å². The Morgan fingerprint density at radius 2 is 1.75 bits per heavy atom. The van der Waals surface area contributed by atoms with Gasteiger partial charge in [0.25, 0.3) is 11.7 Å². The number of aryl methyl sites for hydroxylation is 2. The number of piperazine rings is 1. The van der Waals surface area contributed by atoms with Crippen molar-refractivity contribution in [3.63, 3.8) is 0 Å². The number of carbonyl (C=O) groups is 2. The average Bonchev–Trinajstić information content (AvgIpc) is 2.70. The van der Waals surface area contributed by atoms with Gasteiger partial charge in [-0.25, -0.2) is 4.98 Å². The van der Waals surface area contributed by atoms with Crippen LogP contribution >= 0.6 is 0 Å². The number of aromatic nitrogens is 1. The van der Waals surface area contributed by atoms with E-state index in [-0.39, 0.29) is 18.4 Å². The van der Waals surface area contributed by atoms with Gasteiger partial charge in [0.1, 0.15) is 26.2 Å². The third kappa shape index (κ3) is 5.29. The number of benzene rings is 1. The van der Waals surface area contributed by atoms with Gasteiger partial charge in [-0.05, 0) is 31.0 Å². The number of nitrogens with zero attached hydrogens (tertiary/aromatic N) is 1. The van der Waals surface area contributed by atoms with E-state index in [0.29, 0.717) is 6.54 Å². The molecule has 0 radical (unpaired) electrons. The molecule has 0 bridgehead atoms. The highest BCUT2D eigenvalue weighted by Gasteiger charge is 2.27. The minimum absolute atomic E-state index is 0.00894. The van der Waals surface area contributed by atoms with E-state index < -0.39 is 0 Å². The zero-order valence-corrected chi connectivity index (χ0v) is 16.5. The van der Waals surface area contributed by atoms with Crippen LogP contribution in [0.5, 0.6) is 0 Å². The third-order valence-electron chi connectivity index (χ3n) is 5.11. The number of hydrogen-bond donors (Lipinski definition) is 3. The smallest absolute Gasteiger partial charge is 0.275 e. The van der Waals surface area contributed by atoms with Crippen LogP contribution in [-0.4, -0.2) is 51.1 Å². The van der Waals surface area contributed by atoms with Gasteiger partial charge in [0, 0.05) is 11.8 Å². The average molecular weight is 383 g/mol. The number of quaternary nitrogens is 1. The molecule has 3 rings (SSSR count). The molecule has 7 heteroatoms. The fourth-order valence-electron chi connectivity index (χ4n) is 3.48. The van der Waals surface area contributed by atoms with Gasteiger partial charge >= 0.3 is 0 Å². The summed E-state index contributed by atoms with van der Waals surface area (Å²) in [6, 6.07) is 11.9. The first-order valence-electron chi connectivity index (χ1n) is 9.71. The van der Waals surface area contributed by atoms with E-state index in [2.05, 4.69) is 26.6 Å². The van der Waals surface area contributed by atoms with Crippen LogP contribution in [0.25, 0.3) is 0 Å². The summed E-state index contributed by atoms with van der Waals surface area (Å²) in [6.45, 7) is 7.88. The van der Waals surface area contributed by atoms with Gasteiger partial charge in [-0.1, -0.05) is 24.3 Å². The predicted octanol–water partition coefficient (Wildman–Crippen LogP) is -0.423. The first-order chi connectivity index (χ1) is 13.5. The van der Waals surface area contributed by atoms with Gasteiger partial charge < -0.3 is 15.5 Å². The Kier molecular flexibility index (Phi) is 6.60. The largest absolute Gasteiger partial charge is 0.342 e. The topological polar surface area (TPSA) is 80.0 Å². The van der Waals surface area contributed by atoms with Crippen LogP contribution in [-0.2, 0) is 9.59 Å². The second-order valence-electron chi connectivity index (χ2n) is 7.25. The molecular weight excluding hydrogens is 354 g/mol. The van der Waals surface area contributed by atoms with Gasteiger partial charge in [0.2, 0.25) is 5.91 Å². The maximum Gasteiger partial charge on any atom is 0.275 e. The fraction of sp³-hybridized carbons (Fsp3) is 0.381. The van der Waals surface area contributed by atoms with E-state index >= 15 is 0 Å². The summed E-state index contributed by atoms with van der Waals surface area (Å²) < 4.78 is 0. The fourth-order valence-corrected chi connectivity index (χ4v) is 3.48. The van der Waals surface area contributed by atoms with Crippen molar-refractivity contribution in [1.29, 1.82) is 0 Å². The first kappa shape index (κ1) is 19.8. The Balaban J connectivity index is 1.40. The molecule has 1 aromatic heterocycles. The van der Waals surface area contributed by atoms with Crippen molar-refractivity contribution >= 4 is 23.3 Å². The molecule has 1 saturated heterocycles. The summed E-state index contributed by atoms with van der Waals surface area (Å²) in [6.07, 6.45) is 1.92. The second-order valence-corrected chi connectivity index (χ2v) is 7.25. The van der Waals surface area contributed by atoms with Crippen molar-refractivity contribution in [3.05, 3.63) is 53.7 Å². The molecule has 7 nitrogen and oxygen atoms in total. The number of para-hydroxylation sites is 1. The van der Waals surface area contributed by atoms with E-state index in [0.717, 1.165) is 48.8 Å². The van der Waals surface area contributed by atoms with Crippen molar-refractivity contribution < 1.29 is 19.5 Å². The number of anilines is 2. The molecule has 4 N–H and O–H groups in total. The van der Waals surface area contributed by atoms with Gasteiger partial charge in [0.05, 0.1) is 12.7 Å². The molecule has 1 aliphatic heterocycles. The SMILES string of the molecule is Cc1cccc(C)c1NC(=O)CNC(=O)C[NH+]1CCN(c2cccc[nH+]2)CC1. The Bertz CT molecular complexity index is 797. The van der Waals surface area contributed by atoms with Crippen LogP contribution in [0.4, 0.5) is 11.5 Å². The molecule has 0 atom stereocenters. The van der Waals surface area contributed by atoms with Crippen LogP contribution in [0.2, 0.25) is 0 Å². The van der Waals surface area contributed by atoms with Crippen LogP contribution in [0.3, 0.4) is 0 Å². The van der Waals surface area contributed by atoms with E-state index in [1.165, 1.54) is 4.90 Å². The number of H-pyrrole nitrogens is 1. The molecule has 0 unspecified atom stereocenters. The lowest BCUT2D eigenvalue weighted by molar-refractivity contribution is -0.892. The molecule has 1 aliphatic rings. The number of carbonyl (C=O) groups excluding carboxylic acids is 2. The van der Waals surface area contributed by atoms with Crippen LogP contribution in [0.15, 0.2) is 42.6 Å². The predicted molar refractivity (Wildman–Crippen MR) is 108 cm³/mol. The molecule has 0 aliphatic carbocycles. The van der Waals surface area contributed by atoms with Crippen LogP contribution in [0.1, 0.15) is 11.1 Å². The van der Waals surface area contributed by atoms with Crippen molar-refractivity contribution in [1.82, 2.24) is 5.32 Å². The number of aromatic amines is 1. The molecule has 2 amide bonds. The Morgan fingerprint density at radius 1 is 1.04 bits per heavy atom. The van der Waals surface area contributed by atoms with E-state index in [9.17, 15) is 9.59 Å². The van der Waals surface area contributed by atoms with Gasteiger partial charge in [0.15, 0.2) is 6.54 Å². The van der Waals surface area contributed by atoms with Crippen LogP contribution in [0, 0.1) is 13.8 Å². The first-order valence-corrected chi connectivity index (χ1v) is 9.71. The van der Waals surface area contributed by atoms with Crippen molar-refractivity contribution in [2.45, 2.75) is 13.8 Å². The Hall–Kier alpha value is -2.93. The number of rotatable bonds is 6. The summed E-state index contributed by atoms with van der Waals surface area (Å²) in [4.78, 5) is 31.2. The minimum Gasteiger partial charge on any atom is -0.342 e. The second kappa shape index (κ2) is 9.32. The van der Waals surface area contributed by atoms with Crippen molar-refractivity contribution in [2.24, 2.45) is 0 Å². The highest BCUT2D eigenvalue weighted by Crippen LogP contribution is 2.18. The molecule has 1 aromatic carbocycles. The molecule has 2 aromatic rings. The van der Waals surface area contributed by atoms with E-state index in [4.69, 9.17) is 0 Å². The number of pyridine rings is 1. The Morgan fingerprint density at radius 3 is 2.39 bits per heavy atom. The molecule has 2 heterocycles. The molecule has 0 saturated carbocycles. The van der Waals surface area contributed by atoms with E-state index in [1.807, 2.05) is 50.4 Å². The monoisotopic (exact) mass is 383 g/mol. The summed E-state index contributed by atoms with van der Waals surface area (Å²) >= 11 is 0.